The molecule has 1 rings (SSSR count). The highest BCUT2D eigenvalue weighted by atomic mass is 16.5. The Balaban J connectivity index is 3.13. The number of esters is 1. The molecule has 0 bridgehead atoms. The number of rotatable bonds is 2. The van der Waals surface area contributed by atoms with Crippen molar-refractivity contribution < 1.29 is 9.53 Å². The highest BCUT2D eigenvalue weighted by Crippen LogP contribution is 2.14. The van der Waals surface area contributed by atoms with Gasteiger partial charge in [0.2, 0.25) is 0 Å². The number of hydrogen-bond acceptors (Lipinski definition) is 5. The van der Waals surface area contributed by atoms with Crippen molar-refractivity contribution in [3.8, 4) is 6.07 Å². The number of methoxy groups -OCH3 is 1. The van der Waals surface area contributed by atoms with Crippen molar-refractivity contribution in [3.63, 3.8) is 0 Å². The lowest BCUT2D eigenvalue weighted by Gasteiger charge is -2.05. The van der Waals surface area contributed by atoms with Crippen LogP contribution in [-0.2, 0) is 9.53 Å². The van der Waals surface area contributed by atoms with Crippen LogP contribution < -0.4 is 5.73 Å². The minimum absolute atomic E-state index is 0.212. The predicted octanol–water partition coefficient (Wildman–Crippen LogP) is 0.681. The Morgan fingerprint density at radius 1 is 1.60 bits per heavy atom. The maximum atomic E-state index is 11.1. The second-order valence-corrected chi connectivity index (χ2v) is 2.78. The van der Waals surface area contributed by atoms with Gasteiger partial charge in [-0.25, -0.2) is 4.79 Å². The maximum Gasteiger partial charge on any atom is 0.356 e. The van der Waals surface area contributed by atoms with Crippen LogP contribution in [0.4, 0.5) is 5.69 Å². The Bertz CT molecular complexity index is 460. The van der Waals surface area contributed by atoms with Crippen molar-refractivity contribution in [1.29, 1.82) is 10.7 Å². The predicted molar refractivity (Wildman–Crippen MR) is 54.4 cm³/mol. The van der Waals surface area contributed by atoms with Gasteiger partial charge in [-0.3, -0.25) is 5.41 Å². The molecule has 0 spiro atoms. The molecule has 0 saturated carbocycles. The summed E-state index contributed by atoms with van der Waals surface area (Å²) < 4.78 is 4.39. The molecule has 1 aromatic rings. The monoisotopic (exact) mass is 203 g/mol. The summed E-state index contributed by atoms with van der Waals surface area (Å²) in [5, 5.41) is 16.1. The van der Waals surface area contributed by atoms with Crippen LogP contribution in [0.25, 0.3) is 0 Å². The molecule has 5 nitrogen and oxygen atoms in total. The van der Waals surface area contributed by atoms with E-state index in [0.717, 1.165) is 0 Å². The zero-order valence-electron chi connectivity index (χ0n) is 8.07. The molecule has 0 atom stereocenters. The number of hydrogen-bond donors (Lipinski definition) is 2. The van der Waals surface area contributed by atoms with Gasteiger partial charge in [0.05, 0.1) is 18.7 Å². The smallest absolute Gasteiger partial charge is 0.356 e. The van der Waals surface area contributed by atoms with E-state index >= 15 is 0 Å². The van der Waals surface area contributed by atoms with Gasteiger partial charge in [0.25, 0.3) is 0 Å². The molecule has 0 heterocycles. The summed E-state index contributed by atoms with van der Waals surface area (Å²) in [6, 6.07) is 6.26. The molecule has 15 heavy (non-hydrogen) atoms. The van der Waals surface area contributed by atoms with Crippen molar-refractivity contribution in [3.05, 3.63) is 29.3 Å². The number of carbonyl (C=O) groups excluding carboxylic acids is 1. The summed E-state index contributed by atoms with van der Waals surface area (Å²) in [7, 11) is 1.19. The first-order chi connectivity index (χ1) is 7.10. The number of carbonyl (C=O) groups is 1. The quantitative estimate of drug-likeness (QED) is 0.419. The second-order valence-electron chi connectivity index (χ2n) is 2.78. The van der Waals surface area contributed by atoms with Crippen molar-refractivity contribution in [2.75, 3.05) is 12.8 Å². The lowest BCUT2D eigenvalue weighted by Crippen LogP contribution is -2.17. The molecule has 5 heteroatoms. The van der Waals surface area contributed by atoms with E-state index in [1.54, 1.807) is 0 Å². The topological polar surface area (TPSA) is 100.0 Å². The van der Waals surface area contributed by atoms with Crippen LogP contribution in [0.1, 0.15) is 11.1 Å². The Hall–Kier alpha value is -2.35. The first-order valence-electron chi connectivity index (χ1n) is 4.07. The molecular formula is C10H9N3O2. The van der Waals surface area contributed by atoms with Gasteiger partial charge in [0.15, 0.2) is 0 Å². The van der Waals surface area contributed by atoms with Gasteiger partial charge in [-0.1, -0.05) is 0 Å². The third-order valence-electron chi connectivity index (χ3n) is 1.84. The number of ether oxygens (including phenoxy) is 1. The van der Waals surface area contributed by atoms with Crippen LogP contribution in [0.2, 0.25) is 0 Å². The fourth-order valence-corrected chi connectivity index (χ4v) is 1.07. The van der Waals surface area contributed by atoms with E-state index in [0.29, 0.717) is 5.56 Å². The first kappa shape index (κ1) is 10.7. The molecule has 0 fully saturated rings. The van der Waals surface area contributed by atoms with Crippen LogP contribution in [-0.4, -0.2) is 18.8 Å². The molecule has 0 unspecified atom stereocenters. The van der Waals surface area contributed by atoms with E-state index in [-0.39, 0.29) is 17.0 Å². The third kappa shape index (κ3) is 2.11. The van der Waals surface area contributed by atoms with E-state index in [1.807, 2.05) is 6.07 Å². The van der Waals surface area contributed by atoms with Crippen molar-refractivity contribution in [2.45, 2.75) is 0 Å². The van der Waals surface area contributed by atoms with Crippen molar-refractivity contribution >= 4 is 17.4 Å². The average molecular weight is 203 g/mol. The fraction of sp³-hybridized carbons (Fsp3) is 0.100. The minimum atomic E-state index is -0.758. The van der Waals surface area contributed by atoms with Crippen LogP contribution >= 0.6 is 0 Å². The van der Waals surface area contributed by atoms with Crippen LogP contribution in [0, 0.1) is 16.7 Å². The van der Waals surface area contributed by atoms with E-state index in [9.17, 15) is 4.79 Å². The minimum Gasteiger partial charge on any atom is -0.464 e. The SMILES string of the molecule is COC(=O)C(=N)c1ccc(C#N)cc1N. The molecular weight excluding hydrogens is 194 g/mol. The van der Waals surface area contributed by atoms with E-state index < -0.39 is 5.97 Å². The molecule has 1 aromatic carbocycles. The van der Waals surface area contributed by atoms with Crippen molar-refractivity contribution in [1.82, 2.24) is 0 Å². The summed E-state index contributed by atoms with van der Waals surface area (Å²) in [5.74, 6) is -0.758. The van der Waals surface area contributed by atoms with E-state index in [1.165, 1.54) is 25.3 Å². The molecule has 0 aliphatic rings. The lowest BCUT2D eigenvalue weighted by atomic mass is 10.1. The Morgan fingerprint density at radius 2 is 2.27 bits per heavy atom. The number of benzene rings is 1. The molecule has 0 aliphatic heterocycles. The molecule has 0 amide bonds. The summed E-state index contributed by atoms with van der Waals surface area (Å²) in [6.07, 6.45) is 0. The molecule has 0 aliphatic carbocycles. The summed E-state index contributed by atoms with van der Waals surface area (Å²) >= 11 is 0. The lowest BCUT2D eigenvalue weighted by molar-refractivity contribution is -0.132. The number of nitriles is 1. The number of nitrogens with zero attached hydrogens (tertiary/aromatic N) is 1. The van der Waals surface area contributed by atoms with Gasteiger partial charge < -0.3 is 10.5 Å². The van der Waals surface area contributed by atoms with E-state index in [4.69, 9.17) is 16.4 Å². The normalized spacial score (nSPS) is 9.07. The van der Waals surface area contributed by atoms with Crippen molar-refractivity contribution in [2.24, 2.45) is 0 Å². The average Bonchev–Trinajstić information content (AvgIpc) is 2.26. The van der Waals surface area contributed by atoms with Crippen LogP contribution in [0.5, 0.6) is 0 Å². The molecule has 0 aromatic heterocycles. The van der Waals surface area contributed by atoms with Gasteiger partial charge in [0, 0.05) is 11.3 Å². The fourth-order valence-electron chi connectivity index (χ4n) is 1.07. The maximum absolute atomic E-state index is 11.1. The molecule has 0 radical (unpaired) electrons. The van der Waals surface area contributed by atoms with Crippen LogP contribution in [0.15, 0.2) is 18.2 Å². The number of nitrogen functional groups attached to an aromatic ring is 1. The second kappa shape index (κ2) is 4.24. The number of nitrogens with one attached hydrogen (secondary N) is 1. The molecule has 3 N–H and O–H groups in total. The van der Waals surface area contributed by atoms with Gasteiger partial charge in [-0.05, 0) is 18.2 Å². The standard InChI is InChI=1S/C10H9N3O2/c1-15-10(14)9(13)7-3-2-6(5-11)4-8(7)12/h2-4,13H,12H2,1H3. The zero-order valence-corrected chi connectivity index (χ0v) is 8.07. The zero-order chi connectivity index (χ0) is 11.4. The third-order valence-corrected chi connectivity index (χ3v) is 1.84. The first-order valence-corrected chi connectivity index (χ1v) is 4.07. The van der Waals surface area contributed by atoms with Gasteiger partial charge >= 0.3 is 5.97 Å². The number of nitrogens with two attached hydrogens (primary N) is 1. The largest absolute Gasteiger partial charge is 0.464 e. The van der Waals surface area contributed by atoms with Gasteiger partial charge in [0.1, 0.15) is 5.71 Å². The highest BCUT2D eigenvalue weighted by molar-refractivity contribution is 6.43. The number of anilines is 1. The molecule has 76 valence electrons. The Kier molecular flexibility index (Phi) is 3.03. The Labute approximate surface area is 86.6 Å². The summed E-state index contributed by atoms with van der Waals surface area (Å²) in [6.45, 7) is 0. The van der Waals surface area contributed by atoms with E-state index in [2.05, 4.69) is 4.74 Å². The van der Waals surface area contributed by atoms with Crippen LogP contribution in [0.3, 0.4) is 0 Å². The molecule has 0 saturated heterocycles. The summed E-state index contributed by atoms with van der Waals surface area (Å²) in [4.78, 5) is 11.1. The summed E-state index contributed by atoms with van der Waals surface area (Å²) in [5.41, 5.74) is 6.13. The van der Waals surface area contributed by atoms with Gasteiger partial charge in [-0.2, -0.15) is 5.26 Å². The highest BCUT2D eigenvalue weighted by Gasteiger charge is 2.14. The van der Waals surface area contributed by atoms with Gasteiger partial charge in [-0.15, -0.1) is 0 Å². The Morgan fingerprint density at radius 3 is 2.73 bits per heavy atom.